The number of phenolic OH excluding ortho intramolecular Hbond substituents is 1. The van der Waals surface area contributed by atoms with Crippen molar-refractivity contribution in [2.24, 2.45) is 4.99 Å². The minimum absolute atomic E-state index is 0.172. The molecule has 1 heterocycles. The van der Waals surface area contributed by atoms with Crippen LogP contribution in [0.4, 0.5) is 5.69 Å². The lowest BCUT2D eigenvalue weighted by Gasteiger charge is -2.23. The summed E-state index contributed by atoms with van der Waals surface area (Å²) in [4.78, 5) is 4.97. The molecule has 116 valence electrons. The third kappa shape index (κ3) is 3.23. The van der Waals surface area contributed by atoms with Crippen molar-refractivity contribution in [3.8, 4) is 11.6 Å². The monoisotopic (exact) mass is 334 g/mol. The van der Waals surface area contributed by atoms with Crippen LogP contribution in [-0.2, 0) is 0 Å². The molecule has 1 fully saturated rings. The number of hydrogen-bond donors (Lipinski definition) is 2. The van der Waals surface area contributed by atoms with Gasteiger partial charge in [-0.15, -0.1) is 0 Å². The number of rotatable bonds is 3. The van der Waals surface area contributed by atoms with Crippen molar-refractivity contribution in [3.05, 3.63) is 33.1 Å². The van der Waals surface area contributed by atoms with E-state index in [9.17, 15) is 10.2 Å². The van der Waals surface area contributed by atoms with Crippen LogP contribution in [0.25, 0.3) is 0 Å². The summed E-state index contributed by atoms with van der Waals surface area (Å²) < 4.78 is 2.57. The van der Waals surface area contributed by atoms with Gasteiger partial charge in [0.1, 0.15) is 10.6 Å². The van der Waals surface area contributed by atoms with Crippen molar-refractivity contribution in [3.63, 3.8) is 0 Å². The number of nitrogens with zero attached hydrogens (tertiary/aromatic N) is 2. The molecule has 6 heteroatoms. The lowest BCUT2D eigenvalue weighted by atomic mass is 9.95. The first-order chi connectivity index (χ1) is 10.6. The third-order valence-corrected chi connectivity index (χ3v) is 5.27. The van der Waals surface area contributed by atoms with Gasteiger partial charge in [0.15, 0.2) is 3.95 Å². The summed E-state index contributed by atoms with van der Waals surface area (Å²) in [5.41, 5.74) is 0.642. The maximum absolute atomic E-state index is 10.5. The van der Waals surface area contributed by atoms with E-state index in [-0.39, 0.29) is 11.6 Å². The van der Waals surface area contributed by atoms with Crippen molar-refractivity contribution >= 4 is 35.5 Å². The summed E-state index contributed by atoms with van der Waals surface area (Å²) in [7, 11) is 0. The van der Waals surface area contributed by atoms with E-state index in [4.69, 9.17) is 12.2 Å². The van der Waals surface area contributed by atoms with Gasteiger partial charge in [0.05, 0.1) is 11.9 Å². The molecule has 3 rings (SSSR count). The van der Waals surface area contributed by atoms with Gasteiger partial charge < -0.3 is 10.2 Å². The van der Waals surface area contributed by atoms with Gasteiger partial charge >= 0.3 is 0 Å². The van der Waals surface area contributed by atoms with Crippen molar-refractivity contribution in [1.82, 2.24) is 4.57 Å². The Morgan fingerprint density at radius 1 is 1.23 bits per heavy atom. The standard InChI is InChI=1S/C16H18N2O2S2/c19-13-8-4-5-11(9-13)17-10-14-15(20)18(16(21)22-14)12-6-2-1-3-7-12/h4-5,8-10,12,19-20H,1-3,6-7H2. The van der Waals surface area contributed by atoms with E-state index in [0.717, 1.165) is 12.8 Å². The predicted octanol–water partition coefficient (Wildman–Crippen LogP) is 4.95. The van der Waals surface area contributed by atoms with Gasteiger partial charge in [-0.1, -0.05) is 36.7 Å². The van der Waals surface area contributed by atoms with E-state index >= 15 is 0 Å². The van der Waals surface area contributed by atoms with Crippen molar-refractivity contribution < 1.29 is 10.2 Å². The number of aromatic nitrogens is 1. The summed E-state index contributed by atoms with van der Waals surface area (Å²) in [6.45, 7) is 0. The van der Waals surface area contributed by atoms with Crippen LogP contribution in [0.3, 0.4) is 0 Å². The largest absolute Gasteiger partial charge is 0.508 e. The van der Waals surface area contributed by atoms with Crippen LogP contribution >= 0.6 is 23.6 Å². The fourth-order valence-corrected chi connectivity index (χ4v) is 4.17. The van der Waals surface area contributed by atoms with Crippen LogP contribution in [0.1, 0.15) is 43.0 Å². The second-order valence-corrected chi connectivity index (χ2v) is 7.17. The van der Waals surface area contributed by atoms with Crippen molar-refractivity contribution in [2.75, 3.05) is 0 Å². The molecule has 0 saturated heterocycles. The average molecular weight is 334 g/mol. The molecule has 0 aliphatic heterocycles. The number of aromatic hydroxyl groups is 2. The lowest BCUT2D eigenvalue weighted by molar-refractivity contribution is 0.312. The van der Waals surface area contributed by atoms with Crippen LogP contribution in [0, 0.1) is 3.95 Å². The van der Waals surface area contributed by atoms with E-state index in [2.05, 4.69) is 4.99 Å². The number of phenols is 1. The van der Waals surface area contributed by atoms with E-state index in [0.29, 0.717) is 20.6 Å². The first-order valence-electron chi connectivity index (χ1n) is 7.42. The molecular formula is C16H18N2O2S2. The first kappa shape index (κ1) is 15.2. The molecule has 0 spiro atoms. The molecular weight excluding hydrogens is 316 g/mol. The summed E-state index contributed by atoms with van der Waals surface area (Å²) >= 11 is 6.79. The molecule has 1 saturated carbocycles. The van der Waals surface area contributed by atoms with Crippen LogP contribution in [0.2, 0.25) is 0 Å². The second kappa shape index (κ2) is 6.62. The van der Waals surface area contributed by atoms with Gasteiger partial charge in [-0.3, -0.25) is 9.56 Å². The quantitative estimate of drug-likeness (QED) is 0.617. The highest BCUT2D eigenvalue weighted by molar-refractivity contribution is 7.73. The highest BCUT2D eigenvalue weighted by Crippen LogP contribution is 2.36. The summed E-state index contributed by atoms with van der Waals surface area (Å²) in [5, 5.41) is 19.9. The van der Waals surface area contributed by atoms with Gasteiger partial charge in [0.2, 0.25) is 5.88 Å². The third-order valence-electron chi connectivity index (χ3n) is 3.94. The minimum atomic E-state index is 0.172. The fourth-order valence-electron chi connectivity index (χ4n) is 2.85. The Bertz CT molecular complexity index is 743. The van der Waals surface area contributed by atoms with E-state index in [1.165, 1.54) is 30.6 Å². The maximum Gasteiger partial charge on any atom is 0.212 e. The molecule has 2 aromatic rings. The molecule has 2 N–H and O–H groups in total. The molecule has 0 unspecified atom stereocenters. The summed E-state index contributed by atoms with van der Waals surface area (Å²) in [6.07, 6.45) is 7.40. The summed E-state index contributed by atoms with van der Waals surface area (Å²) in [6, 6.07) is 7.01. The first-order valence-corrected chi connectivity index (χ1v) is 8.65. The van der Waals surface area contributed by atoms with Crippen molar-refractivity contribution in [2.45, 2.75) is 38.1 Å². The van der Waals surface area contributed by atoms with Crippen LogP contribution < -0.4 is 0 Å². The lowest BCUT2D eigenvalue weighted by Crippen LogP contribution is -2.12. The smallest absolute Gasteiger partial charge is 0.212 e. The van der Waals surface area contributed by atoms with Gasteiger partial charge in [-0.25, -0.2) is 0 Å². The van der Waals surface area contributed by atoms with Crippen molar-refractivity contribution in [1.29, 1.82) is 0 Å². The molecule has 1 aliphatic rings. The predicted molar refractivity (Wildman–Crippen MR) is 92.3 cm³/mol. The Morgan fingerprint density at radius 2 is 2.00 bits per heavy atom. The normalized spacial score (nSPS) is 16.4. The Labute approximate surface area is 138 Å². The topological polar surface area (TPSA) is 57.8 Å². The average Bonchev–Trinajstić information content (AvgIpc) is 2.80. The molecule has 1 aromatic carbocycles. The molecule has 1 aliphatic carbocycles. The minimum Gasteiger partial charge on any atom is -0.508 e. The fraction of sp³-hybridized carbons (Fsp3) is 0.375. The molecule has 0 radical (unpaired) electrons. The molecule has 0 bridgehead atoms. The zero-order chi connectivity index (χ0) is 15.5. The number of hydrogen-bond acceptors (Lipinski definition) is 5. The summed E-state index contributed by atoms with van der Waals surface area (Å²) in [5.74, 6) is 0.386. The van der Waals surface area contributed by atoms with Gasteiger partial charge in [0, 0.05) is 12.1 Å². The van der Waals surface area contributed by atoms with Crippen LogP contribution in [0.15, 0.2) is 29.3 Å². The molecule has 0 amide bonds. The molecule has 1 aromatic heterocycles. The van der Waals surface area contributed by atoms with Crippen LogP contribution in [-0.4, -0.2) is 21.0 Å². The number of benzene rings is 1. The van der Waals surface area contributed by atoms with E-state index in [1.54, 1.807) is 30.5 Å². The molecule has 22 heavy (non-hydrogen) atoms. The number of thiazole rings is 1. The highest BCUT2D eigenvalue weighted by Gasteiger charge is 2.21. The zero-order valence-electron chi connectivity index (χ0n) is 12.1. The molecule has 0 atom stereocenters. The zero-order valence-corrected chi connectivity index (χ0v) is 13.7. The van der Waals surface area contributed by atoms with Crippen LogP contribution in [0.5, 0.6) is 11.6 Å². The SMILES string of the molecule is Oc1cccc(N=Cc2sc(=S)n(C3CCCCC3)c2O)c1. The molecule has 4 nitrogen and oxygen atoms in total. The van der Waals surface area contributed by atoms with Gasteiger partial charge in [0.25, 0.3) is 0 Å². The Balaban J connectivity index is 1.87. The Kier molecular flexibility index (Phi) is 4.59. The van der Waals surface area contributed by atoms with Gasteiger partial charge in [-0.2, -0.15) is 0 Å². The Hall–Kier alpha value is -1.66. The maximum atomic E-state index is 10.5. The van der Waals surface area contributed by atoms with E-state index < -0.39 is 0 Å². The van der Waals surface area contributed by atoms with E-state index in [1.807, 2.05) is 4.57 Å². The highest BCUT2D eigenvalue weighted by atomic mass is 32.1. The Morgan fingerprint density at radius 3 is 2.73 bits per heavy atom. The van der Waals surface area contributed by atoms with Gasteiger partial charge in [-0.05, 0) is 37.2 Å². The second-order valence-electron chi connectivity index (χ2n) is 5.50. The number of aliphatic imine (C=N–C) groups is 1.